The summed E-state index contributed by atoms with van der Waals surface area (Å²) in [6.45, 7) is 14.7. The molecular weight excluding hydrogens is 418 g/mol. The molecule has 3 rings (SSSR count). The highest BCUT2D eigenvalue weighted by Gasteiger charge is 2.24. The summed E-state index contributed by atoms with van der Waals surface area (Å²) >= 11 is 0. The molecule has 0 aliphatic carbocycles. The summed E-state index contributed by atoms with van der Waals surface area (Å²) in [5.41, 5.74) is 1.98. The van der Waals surface area contributed by atoms with Crippen molar-refractivity contribution < 1.29 is 14.3 Å². The Morgan fingerprint density at radius 3 is 2.27 bits per heavy atom. The number of ether oxygens (including phenoxy) is 1. The van der Waals surface area contributed by atoms with E-state index in [1.165, 1.54) is 0 Å². The van der Waals surface area contributed by atoms with Gasteiger partial charge in [-0.05, 0) is 45.4 Å². The second-order valence-corrected chi connectivity index (χ2v) is 9.71. The van der Waals surface area contributed by atoms with E-state index in [-0.39, 0.29) is 11.8 Å². The fraction of sp³-hybridized carbons (Fsp3) is 0.520. The van der Waals surface area contributed by atoms with Crippen LogP contribution >= 0.6 is 0 Å². The normalized spacial score (nSPS) is 14.4. The van der Waals surface area contributed by atoms with E-state index in [2.05, 4.69) is 29.0 Å². The number of nitrogens with zero attached hydrogens (tertiary/aromatic N) is 4. The predicted octanol–water partition coefficient (Wildman–Crippen LogP) is 3.90. The number of nitrogens with one attached hydrogen (secondary N) is 1. The van der Waals surface area contributed by atoms with Gasteiger partial charge < -0.3 is 19.9 Å². The maximum absolute atomic E-state index is 13.0. The molecule has 1 aromatic carbocycles. The maximum Gasteiger partial charge on any atom is 0.407 e. The van der Waals surface area contributed by atoms with Gasteiger partial charge in [-0.15, -0.1) is 0 Å². The number of hydrogen-bond acceptors (Lipinski definition) is 6. The van der Waals surface area contributed by atoms with Gasteiger partial charge in [-0.1, -0.05) is 26.0 Å². The third kappa shape index (κ3) is 6.91. The van der Waals surface area contributed by atoms with Crippen molar-refractivity contribution in [3.05, 3.63) is 53.0 Å². The van der Waals surface area contributed by atoms with Crippen molar-refractivity contribution in [2.75, 3.05) is 31.1 Å². The molecule has 8 nitrogen and oxygen atoms in total. The quantitative estimate of drug-likeness (QED) is 0.739. The molecule has 1 aromatic heterocycles. The van der Waals surface area contributed by atoms with Crippen molar-refractivity contribution >= 4 is 17.8 Å². The Morgan fingerprint density at radius 2 is 1.70 bits per heavy atom. The standard InChI is InChI=1S/C25H35N5O3/c1-17(2)22-27-18(3)15-21(28-22)29-11-13-30(14-12-29)23(31)20-9-7-19(8-10-20)16-26-24(32)33-25(4,5)6/h7-10,15,17H,11-14,16H2,1-6H3,(H,26,32). The van der Waals surface area contributed by atoms with Crippen molar-refractivity contribution in [1.29, 1.82) is 0 Å². The number of anilines is 1. The van der Waals surface area contributed by atoms with Crippen LogP contribution in [0, 0.1) is 6.92 Å². The van der Waals surface area contributed by atoms with Gasteiger partial charge in [-0.3, -0.25) is 4.79 Å². The predicted molar refractivity (Wildman–Crippen MR) is 128 cm³/mol. The lowest BCUT2D eigenvalue weighted by molar-refractivity contribution is 0.0523. The first-order valence-electron chi connectivity index (χ1n) is 11.5. The van der Waals surface area contributed by atoms with Crippen LogP contribution < -0.4 is 10.2 Å². The fourth-order valence-electron chi connectivity index (χ4n) is 3.57. The smallest absolute Gasteiger partial charge is 0.407 e. The SMILES string of the molecule is Cc1cc(N2CCN(C(=O)c3ccc(CNC(=O)OC(C)(C)C)cc3)CC2)nc(C(C)C)n1. The molecule has 1 saturated heterocycles. The molecule has 2 aromatic rings. The fourth-order valence-corrected chi connectivity index (χ4v) is 3.57. The average Bonchev–Trinajstić information content (AvgIpc) is 2.76. The highest BCUT2D eigenvalue weighted by atomic mass is 16.6. The van der Waals surface area contributed by atoms with Crippen LogP contribution in [0.15, 0.2) is 30.3 Å². The molecule has 0 unspecified atom stereocenters. The Morgan fingerprint density at radius 1 is 1.06 bits per heavy atom. The zero-order valence-corrected chi connectivity index (χ0v) is 20.5. The molecule has 1 aliphatic rings. The van der Waals surface area contributed by atoms with Gasteiger partial charge >= 0.3 is 6.09 Å². The van der Waals surface area contributed by atoms with E-state index in [1.54, 1.807) is 0 Å². The van der Waals surface area contributed by atoms with Crippen LogP contribution in [-0.2, 0) is 11.3 Å². The van der Waals surface area contributed by atoms with Crippen LogP contribution in [0.25, 0.3) is 0 Å². The van der Waals surface area contributed by atoms with Crippen LogP contribution in [0.4, 0.5) is 10.6 Å². The van der Waals surface area contributed by atoms with Gasteiger partial charge in [-0.2, -0.15) is 0 Å². The lowest BCUT2D eigenvalue weighted by Crippen LogP contribution is -2.49. The van der Waals surface area contributed by atoms with E-state index in [1.807, 2.05) is 62.9 Å². The summed E-state index contributed by atoms with van der Waals surface area (Å²) in [7, 11) is 0. The van der Waals surface area contributed by atoms with Crippen molar-refractivity contribution in [3.63, 3.8) is 0 Å². The molecule has 2 amide bonds. The molecule has 0 atom stereocenters. The summed E-state index contributed by atoms with van der Waals surface area (Å²) < 4.78 is 5.24. The molecule has 0 bridgehead atoms. The number of hydrogen-bond donors (Lipinski definition) is 1. The monoisotopic (exact) mass is 453 g/mol. The third-order valence-corrected chi connectivity index (χ3v) is 5.30. The van der Waals surface area contributed by atoms with Gasteiger partial charge in [0, 0.05) is 56.0 Å². The van der Waals surface area contributed by atoms with E-state index in [0.29, 0.717) is 25.2 Å². The first-order valence-corrected chi connectivity index (χ1v) is 11.5. The van der Waals surface area contributed by atoms with Crippen LogP contribution in [0.1, 0.15) is 68.0 Å². The molecule has 2 heterocycles. The number of amides is 2. The topological polar surface area (TPSA) is 87.7 Å². The number of alkyl carbamates (subject to hydrolysis) is 1. The molecule has 0 spiro atoms. The number of benzene rings is 1. The van der Waals surface area contributed by atoms with Gasteiger partial charge in [0.15, 0.2) is 0 Å². The molecular formula is C25H35N5O3. The van der Waals surface area contributed by atoms with Crippen molar-refractivity contribution in [2.45, 2.75) is 59.6 Å². The summed E-state index contributed by atoms with van der Waals surface area (Å²) in [5, 5.41) is 2.73. The van der Waals surface area contributed by atoms with Gasteiger partial charge in [0.2, 0.25) is 0 Å². The minimum atomic E-state index is -0.534. The third-order valence-electron chi connectivity index (χ3n) is 5.30. The molecule has 1 aliphatic heterocycles. The minimum Gasteiger partial charge on any atom is -0.444 e. The Kier molecular flexibility index (Phi) is 7.56. The average molecular weight is 454 g/mol. The zero-order chi connectivity index (χ0) is 24.2. The van der Waals surface area contributed by atoms with E-state index in [4.69, 9.17) is 9.72 Å². The maximum atomic E-state index is 13.0. The number of aryl methyl sites for hydroxylation is 1. The molecule has 178 valence electrons. The zero-order valence-electron chi connectivity index (χ0n) is 20.5. The second kappa shape index (κ2) is 10.2. The van der Waals surface area contributed by atoms with Crippen molar-refractivity contribution in [1.82, 2.24) is 20.2 Å². The van der Waals surface area contributed by atoms with E-state index < -0.39 is 11.7 Å². The number of rotatable bonds is 5. The first kappa shape index (κ1) is 24.5. The van der Waals surface area contributed by atoms with Gasteiger partial charge in [0.1, 0.15) is 17.2 Å². The number of carbonyl (C=O) groups is 2. The molecule has 1 N–H and O–H groups in total. The molecule has 0 saturated carbocycles. The van der Waals surface area contributed by atoms with Gasteiger partial charge in [-0.25, -0.2) is 14.8 Å². The summed E-state index contributed by atoms with van der Waals surface area (Å²) in [5.74, 6) is 2.07. The van der Waals surface area contributed by atoms with E-state index in [9.17, 15) is 9.59 Å². The van der Waals surface area contributed by atoms with Crippen LogP contribution in [-0.4, -0.2) is 58.6 Å². The molecule has 0 radical (unpaired) electrons. The minimum absolute atomic E-state index is 0.0167. The highest BCUT2D eigenvalue weighted by Crippen LogP contribution is 2.19. The number of carbonyl (C=O) groups excluding carboxylic acids is 2. The Bertz CT molecular complexity index is 975. The lowest BCUT2D eigenvalue weighted by atomic mass is 10.1. The second-order valence-electron chi connectivity index (χ2n) is 9.71. The first-order chi connectivity index (χ1) is 15.5. The Hall–Kier alpha value is -3.16. The summed E-state index contributed by atoms with van der Waals surface area (Å²) in [4.78, 5) is 38.1. The van der Waals surface area contributed by atoms with Gasteiger partial charge in [0.05, 0.1) is 0 Å². The molecule has 8 heteroatoms. The van der Waals surface area contributed by atoms with Crippen molar-refractivity contribution in [3.8, 4) is 0 Å². The molecule has 33 heavy (non-hydrogen) atoms. The van der Waals surface area contributed by atoms with E-state index >= 15 is 0 Å². The van der Waals surface area contributed by atoms with Crippen LogP contribution in [0.3, 0.4) is 0 Å². The summed E-state index contributed by atoms with van der Waals surface area (Å²) in [6.07, 6.45) is -0.458. The van der Waals surface area contributed by atoms with Crippen LogP contribution in [0.2, 0.25) is 0 Å². The Labute approximate surface area is 196 Å². The largest absolute Gasteiger partial charge is 0.444 e. The summed E-state index contributed by atoms with van der Waals surface area (Å²) in [6, 6.07) is 9.34. The lowest BCUT2D eigenvalue weighted by Gasteiger charge is -2.35. The van der Waals surface area contributed by atoms with Crippen molar-refractivity contribution in [2.24, 2.45) is 0 Å². The van der Waals surface area contributed by atoms with E-state index in [0.717, 1.165) is 36.0 Å². The molecule has 1 fully saturated rings. The highest BCUT2D eigenvalue weighted by molar-refractivity contribution is 5.94. The number of piperazine rings is 1. The van der Waals surface area contributed by atoms with Crippen LogP contribution in [0.5, 0.6) is 0 Å². The Balaban J connectivity index is 1.54. The number of aromatic nitrogens is 2. The van der Waals surface area contributed by atoms with Gasteiger partial charge in [0.25, 0.3) is 5.91 Å².